The van der Waals surface area contributed by atoms with Crippen LogP contribution in [-0.4, -0.2) is 23.6 Å². The van der Waals surface area contributed by atoms with Crippen molar-refractivity contribution >= 4 is 16.7 Å². The smallest absolute Gasteiger partial charge is 0.191 e. The Hall–Kier alpha value is -3.08. The first-order valence-electron chi connectivity index (χ1n) is 9.63. The summed E-state index contributed by atoms with van der Waals surface area (Å²) in [6, 6.07) is 18.7. The summed E-state index contributed by atoms with van der Waals surface area (Å²) in [5.74, 6) is 1.69. The molecule has 4 rings (SSSR count). The van der Waals surface area contributed by atoms with Crippen molar-refractivity contribution in [2.75, 3.05) is 7.05 Å². The zero-order chi connectivity index (χ0) is 19.6. The number of rotatable bonds is 3. The minimum Gasteiger partial charge on any atom is -0.487 e. The Labute approximate surface area is 165 Å². The average molecular weight is 374 g/mol. The molecule has 5 nitrogen and oxygen atoms in total. The number of aromatic nitrogens is 1. The van der Waals surface area contributed by atoms with Crippen molar-refractivity contribution in [3.05, 3.63) is 72.1 Å². The molecule has 1 aromatic heterocycles. The molecule has 3 aromatic rings. The van der Waals surface area contributed by atoms with Crippen LogP contribution in [0.3, 0.4) is 0 Å². The fourth-order valence-electron chi connectivity index (χ4n) is 3.78. The van der Waals surface area contributed by atoms with Crippen molar-refractivity contribution in [1.29, 1.82) is 0 Å². The number of nitrogens with zero attached hydrogens (tertiary/aromatic N) is 2. The molecule has 0 bridgehead atoms. The number of fused-ring (bicyclic) bond motifs is 2. The maximum Gasteiger partial charge on any atom is 0.191 e. The summed E-state index contributed by atoms with van der Waals surface area (Å²) in [7, 11) is 1.79. The van der Waals surface area contributed by atoms with Gasteiger partial charge in [-0.25, -0.2) is 0 Å². The Balaban J connectivity index is 1.51. The van der Waals surface area contributed by atoms with Crippen LogP contribution in [0, 0.1) is 0 Å². The van der Waals surface area contributed by atoms with Gasteiger partial charge in [-0.2, -0.15) is 0 Å². The predicted molar refractivity (Wildman–Crippen MR) is 114 cm³/mol. The lowest BCUT2D eigenvalue weighted by Gasteiger charge is -2.38. The van der Waals surface area contributed by atoms with Gasteiger partial charge in [0.25, 0.3) is 0 Å². The fraction of sp³-hybridized carbons (Fsp3) is 0.304. The first-order valence-corrected chi connectivity index (χ1v) is 9.63. The molecule has 5 heteroatoms. The first kappa shape index (κ1) is 18.3. The van der Waals surface area contributed by atoms with Crippen LogP contribution in [0.15, 0.2) is 65.8 Å². The second-order valence-corrected chi connectivity index (χ2v) is 7.71. The lowest BCUT2D eigenvalue weighted by molar-refractivity contribution is 0.0694. The largest absolute Gasteiger partial charge is 0.487 e. The Morgan fingerprint density at radius 1 is 1.14 bits per heavy atom. The quantitative estimate of drug-likeness (QED) is 0.533. The second kappa shape index (κ2) is 7.50. The third kappa shape index (κ3) is 3.79. The summed E-state index contributed by atoms with van der Waals surface area (Å²) in [4.78, 5) is 8.98. The third-order valence-electron chi connectivity index (χ3n) is 5.09. The van der Waals surface area contributed by atoms with E-state index in [1.54, 1.807) is 7.05 Å². The van der Waals surface area contributed by atoms with E-state index in [0.29, 0.717) is 6.54 Å². The van der Waals surface area contributed by atoms with E-state index in [2.05, 4.69) is 52.7 Å². The summed E-state index contributed by atoms with van der Waals surface area (Å²) in [5.41, 5.74) is 1.93. The Morgan fingerprint density at radius 2 is 1.93 bits per heavy atom. The minimum atomic E-state index is -0.234. The summed E-state index contributed by atoms with van der Waals surface area (Å²) in [5, 5.41) is 9.34. The van der Waals surface area contributed by atoms with Crippen molar-refractivity contribution in [2.24, 2.45) is 4.99 Å². The maximum atomic E-state index is 6.13. The van der Waals surface area contributed by atoms with Gasteiger partial charge in [0.15, 0.2) is 5.96 Å². The zero-order valence-electron chi connectivity index (χ0n) is 16.6. The molecule has 1 atom stereocenters. The van der Waals surface area contributed by atoms with Crippen LogP contribution in [0.4, 0.5) is 0 Å². The molecular formula is C23H26N4O. The number of pyridine rings is 1. The average Bonchev–Trinajstić information content (AvgIpc) is 2.70. The Morgan fingerprint density at radius 3 is 2.79 bits per heavy atom. The van der Waals surface area contributed by atoms with Crippen molar-refractivity contribution in [3.8, 4) is 5.75 Å². The maximum absolute atomic E-state index is 6.13. The summed E-state index contributed by atoms with van der Waals surface area (Å²) >= 11 is 0. The number of aliphatic imine (C=N–C) groups is 1. The van der Waals surface area contributed by atoms with Gasteiger partial charge in [0.05, 0.1) is 18.3 Å². The molecule has 0 radical (unpaired) electrons. The van der Waals surface area contributed by atoms with E-state index in [-0.39, 0.29) is 11.6 Å². The first-order chi connectivity index (χ1) is 13.6. The minimum absolute atomic E-state index is 0.131. The standard InChI is InChI=1S/C23H26N4O/c1-23(2)14-19(18-10-6-7-11-21(18)28-23)27-22(24-3)26-15-20-17-9-5-4-8-16(17)12-13-25-20/h4-13,19H,14-15H2,1-3H3,(H2,24,26,27). The highest BCUT2D eigenvalue weighted by molar-refractivity contribution is 5.85. The fourth-order valence-corrected chi connectivity index (χ4v) is 3.78. The van der Waals surface area contributed by atoms with Crippen LogP contribution >= 0.6 is 0 Å². The predicted octanol–water partition coefficient (Wildman–Crippen LogP) is 4.20. The third-order valence-corrected chi connectivity index (χ3v) is 5.09. The molecular weight excluding hydrogens is 348 g/mol. The molecule has 0 amide bonds. The molecule has 28 heavy (non-hydrogen) atoms. The normalized spacial score (nSPS) is 18.2. The number of benzene rings is 2. The summed E-state index contributed by atoms with van der Waals surface area (Å²) in [6.07, 6.45) is 2.71. The van der Waals surface area contributed by atoms with E-state index in [4.69, 9.17) is 4.74 Å². The molecule has 2 heterocycles. The highest BCUT2D eigenvalue weighted by Gasteiger charge is 2.33. The molecule has 1 unspecified atom stereocenters. The number of para-hydroxylation sites is 1. The lowest BCUT2D eigenvalue weighted by Crippen LogP contribution is -2.45. The van der Waals surface area contributed by atoms with Crippen LogP contribution in [0.2, 0.25) is 0 Å². The molecule has 1 aliphatic rings. The van der Waals surface area contributed by atoms with Crippen molar-refractivity contribution < 1.29 is 4.74 Å². The molecule has 0 saturated heterocycles. The van der Waals surface area contributed by atoms with Gasteiger partial charge < -0.3 is 15.4 Å². The van der Waals surface area contributed by atoms with Gasteiger partial charge in [-0.3, -0.25) is 9.98 Å². The van der Waals surface area contributed by atoms with Crippen molar-refractivity contribution in [1.82, 2.24) is 15.6 Å². The van der Waals surface area contributed by atoms with Crippen LogP contribution in [0.25, 0.3) is 10.8 Å². The second-order valence-electron chi connectivity index (χ2n) is 7.71. The molecule has 2 aromatic carbocycles. The number of hydrogen-bond donors (Lipinski definition) is 2. The number of hydrogen-bond acceptors (Lipinski definition) is 3. The van der Waals surface area contributed by atoms with E-state index < -0.39 is 0 Å². The molecule has 0 fully saturated rings. The van der Waals surface area contributed by atoms with E-state index in [1.807, 2.05) is 42.6 Å². The van der Waals surface area contributed by atoms with Crippen LogP contribution in [0.5, 0.6) is 5.75 Å². The molecule has 0 aliphatic carbocycles. The molecule has 0 saturated carbocycles. The Kier molecular flexibility index (Phi) is 4.90. The zero-order valence-corrected chi connectivity index (χ0v) is 16.6. The number of ether oxygens (including phenoxy) is 1. The summed E-state index contributed by atoms with van der Waals surface area (Å²) < 4.78 is 6.13. The van der Waals surface area contributed by atoms with Gasteiger partial charge in [-0.05, 0) is 31.4 Å². The SMILES string of the molecule is CN=C(NCc1nccc2ccccc12)NC1CC(C)(C)Oc2ccccc21. The summed E-state index contributed by atoms with van der Waals surface area (Å²) in [6.45, 7) is 4.84. The van der Waals surface area contributed by atoms with E-state index in [1.165, 1.54) is 5.39 Å². The molecule has 0 spiro atoms. The monoisotopic (exact) mass is 374 g/mol. The van der Waals surface area contributed by atoms with E-state index in [9.17, 15) is 0 Å². The highest BCUT2D eigenvalue weighted by atomic mass is 16.5. The van der Waals surface area contributed by atoms with Gasteiger partial charge in [-0.15, -0.1) is 0 Å². The lowest BCUT2D eigenvalue weighted by atomic mass is 9.90. The van der Waals surface area contributed by atoms with Gasteiger partial charge >= 0.3 is 0 Å². The van der Waals surface area contributed by atoms with Gasteiger partial charge in [0.2, 0.25) is 0 Å². The van der Waals surface area contributed by atoms with Gasteiger partial charge in [-0.1, -0.05) is 42.5 Å². The van der Waals surface area contributed by atoms with Gasteiger partial charge in [0, 0.05) is 30.6 Å². The van der Waals surface area contributed by atoms with Gasteiger partial charge in [0.1, 0.15) is 11.4 Å². The highest BCUT2D eigenvalue weighted by Crippen LogP contribution is 2.39. The van der Waals surface area contributed by atoms with E-state index in [0.717, 1.165) is 34.8 Å². The number of guanidine groups is 1. The van der Waals surface area contributed by atoms with Crippen LogP contribution in [0.1, 0.15) is 37.6 Å². The van der Waals surface area contributed by atoms with Crippen LogP contribution < -0.4 is 15.4 Å². The molecule has 1 aliphatic heterocycles. The molecule has 144 valence electrons. The topological polar surface area (TPSA) is 58.5 Å². The number of nitrogens with one attached hydrogen (secondary N) is 2. The van der Waals surface area contributed by atoms with Crippen LogP contribution in [-0.2, 0) is 6.54 Å². The molecule has 2 N–H and O–H groups in total. The Bertz CT molecular complexity index is 1010. The van der Waals surface area contributed by atoms with E-state index >= 15 is 0 Å². The van der Waals surface area contributed by atoms with Crippen molar-refractivity contribution in [2.45, 2.75) is 38.5 Å². The van der Waals surface area contributed by atoms with Crippen molar-refractivity contribution in [3.63, 3.8) is 0 Å².